The number of benzene rings is 1. The van der Waals surface area contributed by atoms with E-state index < -0.39 is 0 Å². The third-order valence-corrected chi connectivity index (χ3v) is 6.10. The molecule has 1 aliphatic heterocycles. The van der Waals surface area contributed by atoms with E-state index in [0.29, 0.717) is 24.5 Å². The van der Waals surface area contributed by atoms with Crippen LogP contribution in [-0.4, -0.2) is 93.6 Å². The Morgan fingerprint density at radius 1 is 1.19 bits per heavy atom. The Kier molecular flexibility index (Phi) is 10.3. The maximum atomic E-state index is 13.8. The molecule has 0 saturated carbocycles. The highest BCUT2D eigenvalue weighted by Crippen LogP contribution is 2.29. The van der Waals surface area contributed by atoms with E-state index in [4.69, 9.17) is 9.47 Å². The average molecular weight is 450 g/mol. The summed E-state index contributed by atoms with van der Waals surface area (Å²) in [6, 6.07) is 5.46. The summed E-state index contributed by atoms with van der Waals surface area (Å²) < 4.78 is 12.5. The van der Waals surface area contributed by atoms with Gasteiger partial charge < -0.3 is 29.3 Å². The smallest absolute Gasteiger partial charge is 0.258 e. The minimum Gasteiger partial charge on any atom is -0.490 e. The molecule has 1 aromatic carbocycles. The number of rotatable bonds is 5. The van der Waals surface area contributed by atoms with Crippen molar-refractivity contribution >= 4 is 11.6 Å². The molecule has 2 rings (SSSR count). The molecule has 1 N–H and O–H groups in total. The van der Waals surface area contributed by atoms with Crippen molar-refractivity contribution in [3.8, 4) is 5.75 Å². The molecule has 7 heteroatoms. The van der Waals surface area contributed by atoms with Gasteiger partial charge in [-0.15, -0.1) is 0 Å². The molecule has 0 radical (unpaired) electrons. The number of anilines is 1. The first-order chi connectivity index (χ1) is 15.1. The highest BCUT2D eigenvalue weighted by Gasteiger charge is 2.30. The summed E-state index contributed by atoms with van der Waals surface area (Å²) in [5.41, 5.74) is 1.48. The molecule has 32 heavy (non-hydrogen) atoms. The van der Waals surface area contributed by atoms with Gasteiger partial charge in [-0.2, -0.15) is 0 Å². The molecule has 0 bridgehead atoms. The quantitative estimate of drug-likeness (QED) is 0.745. The second kappa shape index (κ2) is 12.4. The minimum absolute atomic E-state index is 0.00472. The van der Waals surface area contributed by atoms with Crippen molar-refractivity contribution in [2.24, 2.45) is 5.92 Å². The fraction of sp³-hybridized carbons (Fsp3) is 0.720. The predicted molar refractivity (Wildman–Crippen MR) is 130 cm³/mol. The Labute approximate surface area is 194 Å². The highest BCUT2D eigenvalue weighted by molar-refractivity contribution is 5.98. The Morgan fingerprint density at radius 2 is 1.91 bits per heavy atom. The molecule has 1 aromatic rings. The van der Waals surface area contributed by atoms with Gasteiger partial charge in [0.05, 0.1) is 30.4 Å². The number of hydrogen-bond acceptors (Lipinski definition) is 6. The number of amides is 1. The predicted octanol–water partition coefficient (Wildman–Crippen LogP) is 3.11. The van der Waals surface area contributed by atoms with Crippen LogP contribution in [-0.2, 0) is 4.74 Å². The van der Waals surface area contributed by atoms with E-state index in [9.17, 15) is 9.90 Å². The van der Waals surface area contributed by atoms with E-state index in [0.717, 1.165) is 31.5 Å². The van der Waals surface area contributed by atoms with Crippen LogP contribution in [0, 0.1) is 5.92 Å². The highest BCUT2D eigenvalue weighted by atomic mass is 16.5. The van der Waals surface area contributed by atoms with Crippen LogP contribution in [0.25, 0.3) is 0 Å². The minimum atomic E-state index is -0.314. The molecule has 0 spiro atoms. The molecule has 4 atom stereocenters. The Morgan fingerprint density at radius 3 is 2.53 bits per heavy atom. The van der Waals surface area contributed by atoms with Crippen molar-refractivity contribution < 1.29 is 19.4 Å². The lowest BCUT2D eigenvalue weighted by Crippen LogP contribution is -2.47. The number of carbonyl (C=O) groups is 1. The summed E-state index contributed by atoms with van der Waals surface area (Å²) >= 11 is 0. The van der Waals surface area contributed by atoms with Gasteiger partial charge >= 0.3 is 0 Å². The van der Waals surface area contributed by atoms with Gasteiger partial charge in [-0.25, -0.2) is 0 Å². The van der Waals surface area contributed by atoms with Crippen molar-refractivity contribution in [3.63, 3.8) is 0 Å². The second-order valence-electron chi connectivity index (χ2n) is 9.64. The number of aliphatic hydroxyl groups excluding tert-OH is 1. The first kappa shape index (κ1) is 26.4. The molecule has 7 nitrogen and oxygen atoms in total. The topological polar surface area (TPSA) is 65.5 Å². The van der Waals surface area contributed by atoms with Crippen LogP contribution in [0.15, 0.2) is 18.2 Å². The lowest BCUT2D eigenvalue weighted by molar-refractivity contribution is -0.0137. The van der Waals surface area contributed by atoms with E-state index in [1.54, 1.807) is 4.90 Å². The van der Waals surface area contributed by atoms with Crippen LogP contribution in [0.4, 0.5) is 5.69 Å². The third kappa shape index (κ3) is 7.36. The Bertz CT molecular complexity index is 725. The first-order valence-electron chi connectivity index (χ1n) is 11.8. The van der Waals surface area contributed by atoms with E-state index in [1.807, 2.05) is 65.1 Å². The summed E-state index contributed by atoms with van der Waals surface area (Å²) in [5.74, 6) is 0.595. The molecule has 0 saturated heterocycles. The molecular weight excluding hydrogens is 406 g/mol. The maximum Gasteiger partial charge on any atom is 0.258 e. The Hall–Kier alpha value is -1.83. The molecule has 1 aliphatic rings. The van der Waals surface area contributed by atoms with Gasteiger partial charge in [0, 0.05) is 45.4 Å². The van der Waals surface area contributed by atoms with E-state index in [-0.39, 0.29) is 36.7 Å². The van der Waals surface area contributed by atoms with Crippen molar-refractivity contribution in [1.82, 2.24) is 9.80 Å². The van der Waals surface area contributed by atoms with Crippen molar-refractivity contribution in [2.45, 2.75) is 58.3 Å². The fourth-order valence-corrected chi connectivity index (χ4v) is 4.01. The lowest BCUT2D eigenvalue weighted by Gasteiger charge is -2.35. The van der Waals surface area contributed by atoms with Crippen LogP contribution >= 0.6 is 0 Å². The zero-order chi connectivity index (χ0) is 23.8. The Balaban J connectivity index is 2.48. The standard InChI is InChI=1S/C25H43N3O4/c1-18-15-28(19(2)17-29)25(30)22-14-21(27(6)7)11-12-23(22)32-20(3)10-8-9-13-31-24(18)16-26(4)5/h11-12,14,18-20,24,29H,8-10,13,15-17H2,1-7H3/t18-,19-,20-,24-/m0/s1. The van der Waals surface area contributed by atoms with Crippen LogP contribution in [0.3, 0.4) is 0 Å². The molecule has 0 unspecified atom stereocenters. The fourth-order valence-electron chi connectivity index (χ4n) is 4.01. The molecule has 0 aromatic heterocycles. The van der Waals surface area contributed by atoms with Gasteiger partial charge in [0.2, 0.25) is 0 Å². The van der Waals surface area contributed by atoms with Crippen LogP contribution in [0.1, 0.15) is 50.4 Å². The largest absolute Gasteiger partial charge is 0.490 e. The molecule has 1 amide bonds. The number of ether oxygens (including phenoxy) is 2. The monoisotopic (exact) mass is 449 g/mol. The summed E-state index contributed by atoms with van der Waals surface area (Å²) in [7, 11) is 7.99. The van der Waals surface area contributed by atoms with E-state index in [1.165, 1.54) is 0 Å². The van der Waals surface area contributed by atoms with Gasteiger partial charge in [0.1, 0.15) is 5.75 Å². The molecule has 0 fully saturated rings. The maximum absolute atomic E-state index is 13.8. The van der Waals surface area contributed by atoms with Crippen LogP contribution in [0.5, 0.6) is 5.75 Å². The summed E-state index contributed by atoms with van der Waals surface area (Å²) in [4.78, 5) is 19.7. The van der Waals surface area contributed by atoms with E-state index in [2.05, 4.69) is 11.8 Å². The molecular formula is C25H43N3O4. The second-order valence-corrected chi connectivity index (χ2v) is 9.64. The van der Waals surface area contributed by atoms with Gasteiger partial charge in [-0.1, -0.05) is 6.92 Å². The van der Waals surface area contributed by atoms with Gasteiger partial charge in [-0.05, 0) is 65.4 Å². The van der Waals surface area contributed by atoms with Gasteiger partial charge in [-0.3, -0.25) is 4.79 Å². The van der Waals surface area contributed by atoms with Crippen molar-refractivity contribution in [1.29, 1.82) is 0 Å². The molecule has 1 heterocycles. The van der Waals surface area contributed by atoms with Crippen LogP contribution < -0.4 is 9.64 Å². The zero-order valence-corrected chi connectivity index (χ0v) is 21.0. The number of fused-ring (bicyclic) bond motifs is 1. The lowest BCUT2D eigenvalue weighted by atomic mass is 10.0. The van der Waals surface area contributed by atoms with Crippen molar-refractivity contribution in [2.75, 3.05) is 59.4 Å². The van der Waals surface area contributed by atoms with Gasteiger partial charge in [0.15, 0.2) is 0 Å². The SMILES string of the molecule is C[C@H]1CCCCO[C@@H](CN(C)C)[C@@H](C)CN([C@@H](C)CO)C(=O)c2cc(N(C)C)ccc2O1. The van der Waals surface area contributed by atoms with Crippen molar-refractivity contribution in [3.05, 3.63) is 23.8 Å². The summed E-state index contributed by atoms with van der Waals surface area (Å²) in [6.07, 6.45) is 2.89. The third-order valence-electron chi connectivity index (χ3n) is 6.10. The summed E-state index contributed by atoms with van der Waals surface area (Å²) in [6.45, 7) is 7.94. The zero-order valence-electron chi connectivity index (χ0n) is 21.0. The molecule has 0 aliphatic carbocycles. The number of carbonyl (C=O) groups excluding carboxylic acids is 1. The first-order valence-corrected chi connectivity index (χ1v) is 11.8. The number of hydrogen-bond donors (Lipinski definition) is 1. The van der Waals surface area contributed by atoms with E-state index >= 15 is 0 Å². The number of aliphatic hydroxyl groups is 1. The average Bonchev–Trinajstić information content (AvgIpc) is 2.74. The normalized spacial score (nSPS) is 24.5. The number of likely N-dealkylation sites (N-methyl/N-ethyl adjacent to an activating group) is 1. The van der Waals surface area contributed by atoms with Gasteiger partial charge in [0.25, 0.3) is 5.91 Å². The number of nitrogens with zero attached hydrogens (tertiary/aromatic N) is 3. The van der Waals surface area contributed by atoms with Crippen LogP contribution in [0.2, 0.25) is 0 Å². The molecule has 182 valence electrons. The summed E-state index contributed by atoms with van der Waals surface area (Å²) in [5, 5.41) is 9.93.